The van der Waals surface area contributed by atoms with Crippen molar-refractivity contribution >= 4 is 23.2 Å². The number of carbonyl (C=O) groups is 2. The molecule has 2 amide bonds. The molecule has 0 spiro atoms. The van der Waals surface area contributed by atoms with Crippen molar-refractivity contribution in [1.82, 2.24) is 10.6 Å². The van der Waals surface area contributed by atoms with Gasteiger partial charge in [0.25, 0.3) is 5.91 Å². The summed E-state index contributed by atoms with van der Waals surface area (Å²) >= 11 is 1.33. The highest BCUT2D eigenvalue weighted by atomic mass is 32.1. The van der Waals surface area contributed by atoms with Gasteiger partial charge in [-0.05, 0) is 35.1 Å². The molecule has 4 nitrogen and oxygen atoms in total. The van der Waals surface area contributed by atoms with Gasteiger partial charge in [0.1, 0.15) is 11.9 Å². The predicted octanol–water partition coefficient (Wildman–Crippen LogP) is 2.96. The summed E-state index contributed by atoms with van der Waals surface area (Å²) in [5.74, 6) is -0.875. The molecule has 122 valence electrons. The molecule has 6 heteroatoms. The first-order valence-corrected chi connectivity index (χ1v) is 8.22. The first-order chi connectivity index (χ1) is 11.0. The third kappa shape index (κ3) is 4.89. The van der Waals surface area contributed by atoms with Crippen molar-refractivity contribution in [3.63, 3.8) is 0 Å². The van der Waals surface area contributed by atoms with Gasteiger partial charge in [0.05, 0.1) is 4.88 Å². The van der Waals surface area contributed by atoms with Crippen LogP contribution in [0.1, 0.15) is 29.1 Å². The highest BCUT2D eigenvalue weighted by Gasteiger charge is 2.24. The molecule has 0 aliphatic rings. The maximum Gasteiger partial charge on any atom is 0.262 e. The van der Waals surface area contributed by atoms with Crippen LogP contribution in [-0.4, -0.2) is 17.9 Å². The largest absolute Gasteiger partial charge is 0.350 e. The second-order valence-electron chi connectivity index (χ2n) is 5.52. The highest BCUT2D eigenvalue weighted by Crippen LogP contribution is 2.10. The summed E-state index contributed by atoms with van der Waals surface area (Å²) in [6.07, 6.45) is 0. The van der Waals surface area contributed by atoms with Crippen LogP contribution in [-0.2, 0) is 11.3 Å². The van der Waals surface area contributed by atoms with E-state index in [9.17, 15) is 14.0 Å². The van der Waals surface area contributed by atoms with Gasteiger partial charge >= 0.3 is 0 Å². The van der Waals surface area contributed by atoms with Crippen molar-refractivity contribution in [2.75, 3.05) is 0 Å². The number of halogens is 1. The van der Waals surface area contributed by atoms with E-state index in [1.54, 1.807) is 24.3 Å². The maximum absolute atomic E-state index is 12.9. The summed E-state index contributed by atoms with van der Waals surface area (Å²) in [4.78, 5) is 25.0. The van der Waals surface area contributed by atoms with Gasteiger partial charge in [0.15, 0.2) is 0 Å². The van der Waals surface area contributed by atoms with Gasteiger partial charge in [-0.3, -0.25) is 9.59 Å². The minimum Gasteiger partial charge on any atom is -0.350 e. The summed E-state index contributed by atoms with van der Waals surface area (Å²) in [5, 5.41) is 7.35. The van der Waals surface area contributed by atoms with Gasteiger partial charge in [-0.2, -0.15) is 0 Å². The first kappa shape index (κ1) is 17.1. The lowest BCUT2D eigenvalue weighted by atomic mass is 10.0. The van der Waals surface area contributed by atoms with Gasteiger partial charge in [0, 0.05) is 6.54 Å². The average molecular weight is 334 g/mol. The average Bonchev–Trinajstić information content (AvgIpc) is 3.05. The third-order valence-electron chi connectivity index (χ3n) is 3.36. The second kappa shape index (κ2) is 7.87. The Hall–Kier alpha value is -2.21. The molecule has 23 heavy (non-hydrogen) atoms. The van der Waals surface area contributed by atoms with Crippen LogP contribution in [0, 0.1) is 11.7 Å². The van der Waals surface area contributed by atoms with Crippen LogP contribution < -0.4 is 10.6 Å². The molecule has 0 saturated carbocycles. The van der Waals surface area contributed by atoms with Crippen LogP contribution in [0.15, 0.2) is 41.8 Å². The molecule has 0 radical (unpaired) electrons. The van der Waals surface area contributed by atoms with Crippen molar-refractivity contribution in [3.05, 3.63) is 58.0 Å². The van der Waals surface area contributed by atoms with Gasteiger partial charge < -0.3 is 10.6 Å². The van der Waals surface area contributed by atoms with E-state index in [1.807, 2.05) is 19.2 Å². The second-order valence-corrected chi connectivity index (χ2v) is 6.46. The molecular formula is C17H19FN2O2S. The Morgan fingerprint density at radius 2 is 1.87 bits per heavy atom. The zero-order valence-corrected chi connectivity index (χ0v) is 13.8. The smallest absolute Gasteiger partial charge is 0.262 e. The van der Waals surface area contributed by atoms with E-state index < -0.39 is 6.04 Å². The van der Waals surface area contributed by atoms with Crippen molar-refractivity contribution in [1.29, 1.82) is 0 Å². The number of amides is 2. The molecule has 2 rings (SSSR count). The molecule has 0 saturated heterocycles. The van der Waals surface area contributed by atoms with Gasteiger partial charge in [-0.25, -0.2) is 4.39 Å². The summed E-state index contributed by atoms with van der Waals surface area (Å²) in [6, 6.07) is 8.81. The van der Waals surface area contributed by atoms with Crippen LogP contribution in [0.3, 0.4) is 0 Å². The normalized spacial score (nSPS) is 12.0. The number of carbonyl (C=O) groups excluding carboxylic acids is 2. The summed E-state index contributed by atoms with van der Waals surface area (Å²) in [7, 11) is 0. The molecule has 0 unspecified atom stereocenters. The Balaban J connectivity index is 1.95. The molecule has 0 aliphatic heterocycles. The van der Waals surface area contributed by atoms with Gasteiger partial charge in [-0.15, -0.1) is 11.3 Å². The lowest BCUT2D eigenvalue weighted by Crippen LogP contribution is -2.49. The van der Waals surface area contributed by atoms with Crippen LogP contribution in [0.2, 0.25) is 0 Å². The minimum atomic E-state index is -0.620. The van der Waals surface area contributed by atoms with Crippen molar-refractivity contribution in [2.45, 2.75) is 26.4 Å². The van der Waals surface area contributed by atoms with Crippen LogP contribution in [0.5, 0.6) is 0 Å². The maximum atomic E-state index is 12.9. The molecule has 1 aromatic carbocycles. The fraction of sp³-hybridized carbons (Fsp3) is 0.294. The Morgan fingerprint density at radius 3 is 2.43 bits per heavy atom. The van der Waals surface area contributed by atoms with Crippen molar-refractivity contribution in [2.24, 2.45) is 5.92 Å². The first-order valence-electron chi connectivity index (χ1n) is 7.34. The quantitative estimate of drug-likeness (QED) is 0.853. The zero-order chi connectivity index (χ0) is 16.8. The Kier molecular flexibility index (Phi) is 5.87. The topological polar surface area (TPSA) is 58.2 Å². The SMILES string of the molecule is CC(C)[C@@H](NC(=O)c1cccs1)C(=O)NCc1ccc(F)cc1. The predicted molar refractivity (Wildman–Crippen MR) is 88.7 cm³/mol. The molecule has 0 fully saturated rings. The summed E-state index contributed by atoms with van der Waals surface area (Å²) in [5.41, 5.74) is 0.798. The Bertz CT molecular complexity index is 654. The molecule has 1 atom stereocenters. The zero-order valence-electron chi connectivity index (χ0n) is 13.0. The molecule has 0 bridgehead atoms. The fourth-order valence-electron chi connectivity index (χ4n) is 2.06. The van der Waals surface area contributed by atoms with Crippen LogP contribution in [0.4, 0.5) is 4.39 Å². The molecule has 1 heterocycles. The van der Waals surface area contributed by atoms with E-state index in [-0.39, 0.29) is 30.1 Å². The van der Waals surface area contributed by atoms with E-state index in [1.165, 1.54) is 23.5 Å². The molecule has 0 aliphatic carbocycles. The third-order valence-corrected chi connectivity index (χ3v) is 4.23. The van der Waals surface area contributed by atoms with Crippen molar-refractivity contribution in [3.8, 4) is 0 Å². The van der Waals surface area contributed by atoms with Gasteiger partial charge in [-0.1, -0.05) is 32.0 Å². The minimum absolute atomic E-state index is 0.0490. The van der Waals surface area contributed by atoms with E-state index in [2.05, 4.69) is 10.6 Å². The number of hydrogen-bond donors (Lipinski definition) is 2. The lowest BCUT2D eigenvalue weighted by Gasteiger charge is -2.21. The number of hydrogen-bond acceptors (Lipinski definition) is 3. The molecule has 2 N–H and O–H groups in total. The van der Waals surface area contributed by atoms with E-state index >= 15 is 0 Å². The van der Waals surface area contributed by atoms with Gasteiger partial charge in [0.2, 0.25) is 5.91 Å². The number of thiophene rings is 1. The fourth-order valence-corrected chi connectivity index (χ4v) is 2.68. The monoisotopic (exact) mass is 334 g/mol. The molecular weight excluding hydrogens is 315 g/mol. The number of nitrogens with one attached hydrogen (secondary N) is 2. The number of benzene rings is 1. The highest BCUT2D eigenvalue weighted by molar-refractivity contribution is 7.12. The number of rotatable bonds is 6. The van der Waals surface area contributed by atoms with Crippen molar-refractivity contribution < 1.29 is 14.0 Å². The molecule has 1 aromatic heterocycles. The Labute approximate surface area is 138 Å². The summed E-state index contributed by atoms with van der Waals surface area (Å²) < 4.78 is 12.9. The standard InChI is InChI=1S/C17H19FN2O2S/c1-11(2)15(20-16(21)14-4-3-9-23-14)17(22)19-10-12-5-7-13(18)8-6-12/h3-9,11,15H,10H2,1-2H3,(H,19,22)(H,20,21)/t15-/m1/s1. The van der Waals surface area contributed by atoms with Crippen LogP contribution in [0.25, 0.3) is 0 Å². The Morgan fingerprint density at radius 1 is 1.17 bits per heavy atom. The van der Waals surface area contributed by atoms with Crippen LogP contribution >= 0.6 is 11.3 Å². The lowest BCUT2D eigenvalue weighted by molar-refractivity contribution is -0.124. The van der Waals surface area contributed by atoms with E-state index in [0.29, 0.717) is 4.88 Å². The molecule has 2 aromatic rings. The van der Waals surface area contributed by atoms with E-state index in [4.69, 9.17) is 0 Å². The van der Waals surface area contributed by atoms with E-state index in [0.717, 1.165) is 5.56 Å². The summed E-state index contributed by atoms with van der Waals surface area (Å²) in [6.45, 7) is 4.03.